The van der Waals surface area contributed by atoms with Crippen LogP contribution in [0.4, 0.5) is 0 Å². The summed E-state index contributed by atoms with van der Waals surface area (Å²) in [4.78, 5) is 26.1. The molecule has 37 heavy (non-hydrogen) atoms. The van der Waals surface area contributed by atoms with E-state index in [1.54, 1.807) is 15.1 Å². The first-order chi connectivity index (χ1) is 17.8. The van der Waals surface area contributed by atoms with E-state index < -0.39 is 27.9 Å². The van der Waals surface area contributed by atoms with E-state index >= 15 is 0 Å². The average molecular weight is 544 g/mol. The molecule has 3 aromatic rings. The van der Waals surface area contributed by atoms with E-state index in [1.165, 1.54) is 0 Å². The monoisotopic (exact) mass is 543 g/mol. The molecule has 1 amide bonds. The van der Waals surface area contributed by atoms with Gasteiger partial charge in [-0.1, -0.05) is 44.2 Å². The van der Waals surface area contributed by atoms with Gasteiger partial charge in [0.15, 0.2) is 11.0 Å². The highest BCUT2D eigenvalue weighted by Gasteiger charge is 2.26. The highest BCUT2D eigenvalue weighted by molar-refractivity contribution is 7.84. The summed E-state index contributed by atoms with van der Waals surface area (Å²) in [5.74, 6) is -0.738. The molecule has 1 aliphatic heterocycles. The van der Waals surface area contributed by atoms with Crippen molar-refractivity contribution in [1.82, 2.24) is 13.6 Å². The third-order valence-electron chi connectivity index (χ3n) is 6.64. The fourth-order valence-electron chi connectivity index (χ4n) is 4.67. The van der Waals surface area contributed by atoms with E-state index in [1.807, 2.05) is 48.5 Å². The Morgan fingerprint density at radius 1 is 1.03 bits per heavy atom. The van der Waals surface area contributed by atoms with Crippen molar-refractivity contribution in [2.75, 3.05) is 13.1 Å². The Balaban J connectivity index is 1.52. The first-order valence-corrected chi connectivity index (χ1v) is 14.8. The number of carbonyl (C=O) groups is 2. The van der Waals surface area contributed by atoms with Gasteiger partial charge in [0.1, 0.15) is 11.0 Å². The van der Waals surface area contributed by atoms with Crippen molar-refractivity contribution in [2.45, 2.75) is 67.7 Å². The van der Waals surface area contributed by atoms with E-state index in [9.17, 15) is 18.0 Å². The van der Waals surface area contributed by atoms with Gasteiger partial charge in [0.2, 0.25) is 5.91 Å². The number of aromatic nitrogens is 1. The van der Waals surface area contributed by atoms with Gasteiger partial charge in [-0.25, -0.2) is 13.1 Å². The summed E-state index contributed by atoms with van der Waals surface area (Å²) in [5.41, 5.74) is 1.83. The zero-order valence-corrected chi connectivity index (χ0v) is 22.7. The molecule has 2 unspecified atom stereocenters. The number of amides is 1. The van der Waals surface area contributed by atoms with Gasteiger partial charge in [-0.3, -0.25) is 13.6 Å². The first-order valence-electron chi connectivity index (χ1n) is 12.5. The van der Waals surface area contributed by atoms with Crippen LogP contribution in [0.15, 0.2) is 64.5 Å². The Labute approximate surface area is 222 Å². The minimum Gasteiger partial charge on any atom is -0.481 e. The van der Waals surface area contributed by atoms with Crippen molar-refractivity contribution in [1.29, 1.82) is 0 Å². The predicted molar refractivity (Wildman–Crippen MR) is 145 cm³/mol. The molecular weight excluding hydrogens is 510 g/mol. The van der Waals surface area contributed by atoms with E-state index in [-0.39, 0.29) is 30.7 Å². The summed E-state index contributed by atoms with van der Waals surface area (Å²) < 4.78 is 32.1. The van der Waals surface area contributed by atoms with Gasteiger partial charge < -0.3 is 10.0 Å². The largest absolute Gasteiger partial charge is 0.481 e. The molecule has 0 saturated carbocycles. The maximum atomic E-state index is 13.6. The number of nitrogens with one attached hydrogen (secondary N) is 1. The van der Waals surface area contributed by atoms with Gasteiger partial charge in [0.25, 0.3) is 0 Å². The predicted octanol–water partition coefficient (Wildman–Crippen LogP) is 4.19. The highest BCUT2D eigenvalue weighted by Crippen LogP contribution is 2.33. The molecule has 4 rings (SSSR count). The van der Waals surface area contributed by atoms with E-state index in [0.717, 1.165) is 16.5 Å². The van der Waals surface area contributed by atoms with Gasteiger partial charge in [-0.05, 0) is 48.9 Å². The molecule has 2 aromatic carbocycles. The number of benzene rings is 2. The topological polar surface area (TPSA) is 109 Å². The van der Waals surface area contributed by atoms with Crippen LogP contribution in [0.2, 0.25) is 0 Å². The Morgan fingerprint density at radius 3 is 2.38 bits per heavy atom. The Kier molecular flexibility index (Phi) is 8.94. The van der Waals surface area contributed by atoms with E-state index in [0.29, 0.717) is 42.1 Å². The third kappa shape index (κ3) is 6.37. The molecule has 1 aliphatic rings. The van der Waals surface area contributed by atoms with Gasteiger partial charge in [-0.15, -0.1) is 0 Å². The van der Waals surface area contributed by atoms with Crippen LogP contribution < -0.4 is 4.72 Å². The smallest absolute Gasteiger partial charge is 0.303 e. The van der Waals surface area contributed by atoms with Crippen molar-refractivity contribution >= 4 is 44.8 Å². The number of hydrogen-bond donors (Lipinski definition) is 2. The second kappa shape index (κ2) is 12.1. The lowest BCUT2D eigenvalue weighted by atomic mass is 9.99. The maximum absolute atomic E-state index is 13.6. The van der Waals surface area contributed by atoms with Crippen molar-refractivity contribution in [3.05, 3.63) is 60.3 Å². The Hall–Kier alpha value is -2.82. The second-order valence-corrected chi connectivity index (χ2v) is 12.1. The van der Waals surface area contributed by atoms with Crippen LogP contribution >= 0.6 is 0 Å². The molecule has 1 aromatic heterocycles. The minimum atomic E-state index is -1.54. The number of carbonyl (C=O) groups excluding carboxylic acids is 1. The molecule has 2 heterocycles. The zero-order valence-electron chi connectivity index (χ0n) is 21.1. The van der Waals surface area contributed by atoms with Gasteiger partial charge in [-0.2, -0.15) is 0 Å². The van der Waals surface area contributed by atoms with Crippen LogP contribution in [0.25, 0.3) is 10.9 Å². The number of carboxylic acids is 1. The summed E-state index contributed by atoms with van der Waals surface area (Å²) in [6, 6.07) is 15.1. The Bertz CT molecular complexity index is 1310. The SMILES string of the molecule is CC(C)c1cccc2c1c(S(=O)NC1CCN(C(=O)CCCC(=O)O)CC1)cn2S(=O)c1ccccc1. The number of fused-ring (bicyclic) bond motifs is 1. The van der Waals surface area contributed by atoms with Crippen LogP contribution in [-0.4, -0.2) is 53.4 Å². The van der Waals surface area contributed by atoms with Crippen LogP contribution in [0, 0.1) is 0 Å². The number of nitrogens with zero attached hydrogens (tertiary/aromatic N) is 2. The second-order valence-electron chi connectivity index (χ2n) is 9.57. The fourth-order valence-corrected chi connectivity index (χ4v) is 7.16. The summed E-state index contributed by atoms with van der Waals surface area (Å²) in [7, 11) is -3.03. The molecule has 10 heteroatoms. The quantitative estimate of drug-likeness (QED) is 0.399. The molecule has 0 aliphatic carbocycles. The number of piperidine rings is 1. The van der Waals surface area contributed by atoms with Gasteiger partial charge in [0, 0.05) is 43.6 Å². The first kappa shape index (κ1) is 27.2. The van der Waals surface area contributed by atoms with Crippen LogP contribution in [0.5, 0.6) is 0 Å². The van der Waals surface area contributed by atoms with Crippen LogP contribution in [0.1, 0.15) is 57.4 Å². The van der Waals surface area contributed by atoms with Crippen molar-refractivity contribution < 1.29 is 23.1 Å². The summed E-state index contributed by atoms with van der Waals surface area (Å²) >= 11 is 0. The minimum absolute atomic E-state index is 0.0101. The number of carboxylic acid groups (broad SMARTS) is 1. The van der Waals surface area contributed by atoms with Crippen LogP contribution in [-0.2, 0) is 31.6 Å². The molecule has 1 fully saturated rings. The number of likely N-dealkylation sites (tertiary alicyclic amines) is 1. The fraction of sp³-hybridized carbons (Fsp3) is 0.407. The third-order valence-corrected chi connectivity index (χ3v) is 9.23. The molecule has 0 bridgehead atoms. The lowest BCUT2D eigenvalue weighted by Gasteiger charge is -2.32. The molecule has 0 radical (unpaired) electrons. The van der Waals surface area contributed by atoms with Crippen molar-refractivity contribution in [3.63, 3.8) is 0 Å². The maximum Gasteiger partial charge on any atom is 0.303 e. The lowest BCUT2D eigenvalue weighted by molar-refractivity contribution is -0.137. The standard InChI is InChI=1S/C27H33N3O5S2/c1-19(2)22-10-6-11-23-27(22)24(18-30(23)37(35)21-8-4-3-5-9-21)36(34)28-20-14-16-29(17-15-20)25(31)12-7-13-26(32)33/h3-6,8-11,18-20,28H,7,12-17H2,1-2H3,(H,32,33). The highest BCUT2D eigenvalue weighted by atomic mass is 32.2. The van der Waals surface area contributed by atoms with Crippen molar-refractivity contribution in [2.24, 2.45) is 0 Å². The summed E-state index contributed by atoms with van der Waals surface area (Å²) in [5, 5.41) is 9.63. The number of rotatable bonds is 10. The normalized spacial score (nSPS) is 16.2. The zero-order chi connectivity index (χ0) is 26.5. The molecule has 8 nitrogen and oxygen atoms in total. The molecule has 1 saturated heterocycles. The number of hydrogen-bond acceptors (Lipinski definition) is 4. The average Bonchev–Trinajstić information content (AvgIpc) is 3.29. The molecule has 2 N–H and O–H groups in total. The molecule has 2 atom stereocenters. The number of aliphatic carboxylic acids is 1. The molecule has 0 spiro atoms. The van der Waals surface area contributed by atoms with Crippen LogP contribution in [0.3, 0.4) is 0 Å². The van der Waals surface area contributed by atoms with Crippen molar-refractivity contribution in [3.8, 4) is 0 Å². The summed E-state index contributed by atoms with van der Waals surface area (Å²) in [6.07, 6.45) is 3.60. The van der Waals surface area contributed by atoms with E-state index in [2.05, 4.69) is 18.6 Å². The summed E-state index contributed by atoms with van der Waals surface area (Å²) in [6.45, 7) is 5.25. The molecular formula is C27H33N3O5S2. The lowest BCUT2D eigenvalue weighted by Crippen LogP contribution is -2.45. The van der Waals surface area contributed by atoms with Gasteiger partial charge >= 0.3 is 5.97 Å². The Morgan fingerprint density at radius 2 is 1.73 bits per heavy atom. The van der Waals surface area contributed by atoms with E-state index in [4.69, 9.17) is 5.11 Å². The molecule has 198 valence electrons. The van der Waals surface area contributed by atoms with Gasteiger partial charge in [0.05, 0.1) is 15.3 Å².